The van der Waals surface area contributed by atoms with E-state index in [1.807, 2.05) is 30.7 Å². The van der Waals surface area contributed by atoms with Crippen molar-refractivity contribution in [1.82, 2.24) is 4.90 Å². The van der Waals surface area contributed by atoms with Gasteiger partial charge >= 0.3 is 0 Å². The zero-order chi connectivity index (χ0) is 44.3. The first-order chi connectivity index (χ1) is 31.1. The molecule has 8 bridgehead atoms. The minimum Gasteiger partial charge on any atom is -0.506 e. The van der Waals surface area contributed by atoms with Crippen LogP contribution in [0.1, 0.15) is 87.4 Å². The van der Waals surface area contributed by atoms with Crippen LogP contribution in [0.15, 0.2) is 76.0 Å². The number of hydrogen-bond acceptors (Lipinski definition) is 13. The number of benzene rings is 3. The van der Waals surface area contributed by atoms with Crippen LogP contribution in [-0.4, -0.2) is 118 Å². The van der Waals surface area contributed by atoms with Crippen molar-refractivity contribution in [3.8, 4) is 29.3 Å². The van der Waals surface area contributed by atoms with Crippen molar-refractivity contribution < 1.29 is 58.8 Å². The molecule has 6 atom stereocenters. The summed E-state index contributed by atoms with van der Waals surface area (Å²) in [5.74, 6) is 2.00. The number of methoxy groups -OCH3 is 1. The van der Waals surface area contributed by atoms with Gasteiger partial charge in [0, 0.05) is 49.3 Å². The average molecular weight is 870 g/mol. The predicted molar refractivity (Wildman–Crippen MR) is 234 cm³/mol. The SMILES string of the molecule is COc1cc2cc(C3CCCC3)c3c(O)c2c2c1C=CC(C1=C4[CH+]C(CCCO)=CC=C4N=C1)OCC1OC(O2)C(O)(CO)C(OC#CCc2cccc4c2CN(CC3=O)C4=O)C1O. The first kappa shape index (κ1) is 42.1. The van der Waals surface area contributed by atoms with Gasteiger partial charge in [0.2, 0.25) is 6.29 Å². The number of rotatable bonds is 7. The highest BCUT2D eigenvalue weighted by atomic mass is 16.7. The molecule has 6 unspecified atom stereocenters. The second-order valence-corrected chi connectivity index (χ2v) is 17.4. The molecule has 3 aromatic rings. The van der Waals surface area contributed by atoms with E-state index in [1.54, 1.807) is 36.6 Å². The number of hydrogen-bond donors (Lipinski definition) is 5. The van der Waals surface area contributed by atoms with E-state index in [0.717, 1.165) is 48.1 Å². The van der Waals surface area contributed by atoms with Crippen LogP contribution in [0.4, 0.5) is 0 Å². The summed E-state index contributed by atoms with van der Waals surface area (Å²) in [6.07, 6.45) is 11.4. The van der Waals surface area contributed by atoms with Crippen molar-refractivity contribution >= 4 is 34.8 Å². The predicted octanol–water partition coefficient (Wildman–Crippen LogP) is 4.73. The third-order valence-corrected chi connectivity index (χ3v) is 13.6. The fourth-order valence-electron chi connectivity index (χ4n) is 10.2. The van der Waals surface area contributed by atoms with Crippen LogP contribution in [0, 0.1) is 18.4 Å². The number of ether oxygens (including phenoxy) is 5. The Kier molecular flexibility index (Phi) is 11.1. The molecule has 5 N–H and O–H groups in total. The molecule has 0 aromatic heterocycles. The molecule has 1 saturated heterocycles. The van der Waals surface area contributed by atoms with Gasteiger partial charge < -0.3 is 54.1 Å². The van der Waals surface area contributed by atoms with Crippen molar-refractivity contribution in [2.24, 2.45) is 4.99 Å². The van der Waals surface area contributed by atoms with Crippen LogP contribution < -0.4 is 9.47 Å². The summed E-state index contributed by atoms with van der Waals surface area (Å²) in [7, 11) is 1.49. The Morgan fingerprint density at radius 3 is 2.75 bits per heavy atom. The molecule has 330 valence electrons. The molecule has 2 aliphatic carbocycles. The highest BCUT2D eigenvalue weighted by molar-refractivity contribution is 6.11. The number of fused-ring (bicyclic) bond motifs is 5. The monoisotopic (exact) mass is 869 g/mol. The van der Waals surface area contributed by atoms with E-state index >= 15 is 0 Å². The molecule has 2 fully saturated rings. The van der Waals surface area contributed by atoms with E-state index in [-0.39, 0.29) is 72.6 Å². The zero-order valence-corrected chi connectivity index (χ0v) is 35.3. The summed E-state index contributed by atoms with van der Waals surface area (Å²) < 4.78 is 31.8. The second kappa shape index (κ2) is 16.9. The van der Waals surface area contributed by atoms with Crippen LogP contribution in [0.5, 0.6) is 17.2 Å². The Morgan fingerprint density at radius 2 is 1.95 bits per heavy atom. The maximum atomic E-state index is 14.9. The van der Waals surface area contributed by atoms with E-state index in [4.69, 9.17) is 23.7 Å². The Bertz CT molecular complexity index is 2660. The Hall–Kier alpha value is -5.92. The van der Waals surface area contributed by atoms with Gasteiger partial charge in [-0.25, -0.2) is 0 Å². The molecule has 1 saturated carbocycles. The lowest BCUT2D eigenvalue weighted by molar-refractivity contribution is -0.327. The van der Waals surface area contributed by atoms with Crippen LogP contribution in [-0.2, 0) is 27.2 Å². The van der Waals surface area contributed by atoms with Gasteiger partial charge in [0.1, 0.15) is 47.2 Å². The summed E-state index contributed by atoms with van der Waals surface area (Å²) in [5, 5.41) is 58.3. The topological polar surface area (TPSA) is 197 Å². The van der Waals surface area contributed by atoms with E-state index in [2.05, 4.69) is 17.0 Å². The van der Waals surface area contributed by atoms with Gasteiger partial charge in [0.25, 0.3) is 5.91 Å². The maximum absolute atomic E-state index is 14.9. The summed E-state index contributed by atoms with van der Waals surface area (Å²) in [6.45, 7) is -1.38. The van der Waals surface area contributed by atoms with Gasteiger partial charge in [-0.05, 0) is 84.0 Å². The van der Waals surface area contributed by atoms with Crippen molar-refractivity contribution in [3.05, 3.63) is 111 Å². The summed E-state index contributed by atoms with van der Waals surface area (Å²) in [6, 6.07) is 8.92. The minimum absolute atomic E-state index is 0.0447. The number of aromatic hydroxyl groups is 1. The van der Waals surface area contributed by atoms with Crippen molar-refractivity contribution in [2.45, 2.75) is 93.7 Å². The number of aliphatic imine (C=N–C) groups is 1. The number of amides is 1. The molecule has 14 nitrogen and oxygen atoms in total. The van der Waals surface area contributed by atoms with Crippen LogP contribution in [0.25, 0.3) is 16.8 Å². The standard InChI is InChI=1S/C50H48N2O12/c1-60-40-21-30-20-33(28-8-2-3-9-28)43-38(55)24-52-23-36-29(10-4-12-31(36)48(52)58)11-6-18-61-47-44(56)41-25-62-39(35-22-51-37-15-13-27(7-5-17-53)19-34(35)37)16-14-32(40)46(42(30)45(43)57)64-49(63-41)50(47,59)26-54/h4,10,12-16,19-22,28,39,41,44,47,49,53-54,56,59H,2-3,5,7-9,11,17,23-26H2,1H3/p+1. The van der Waals surface area contributed by atoms with Crippen molar-refractivity contribution in [2.75, 3.05) is 33.5 Å². The number of ketones is 1. The smallest absolute Gasteiger partial charge is 0.254 e. The van der Waals surface area contributed by atoms with Gasteiger partial charge in [-0.15, -0.1) is 0 Å². The average Bonchev–Trinajstić information content (AvgIpc) is 4.06. The first-order valence-electron chi connectivity index (χ1n) is 21.9. The number of nitrogens with zero attached hydrogens (tertiary/aromatic N) is 2. The summed E-state index contributed by atoms with van der Waals surface area (Å²) in [5.41, 5.74) is 3.64. The molecule has 0 spiro atoms. The molecule has 3 aromatic carbocycles. The number of aliphatic hydroxyl groups is 4. The molecule has 10 rings (SSSR count). The molecule has 7 aliphatic rings. The number of carbonyl (C=O) groups is 2. The molecule has 0 radical (unpaired) electrons. The molecule has 14 heteroatoms. The number of Topliss-reactive ketones (excluding diaryl/α,β-unsaturated/α-hetero) is 1. The van der Waals surface area contributed by atoms with Gasteiger partial charge in [0.05, 0.1) is 55.2 Å². The van der Waals surface area contributed by atoms with Gasteiger partial charge in [-0.1, -0.05) is 30.9 Å². The third kappa shape index (κ3) is 7.07. The number of allylic oxidation sites excluding steroid dienone is 4. The van der Waals surface area contributed by atoms with Crippen LogP contribution in [0.3, 0.4) is 0 Å². The number of phenolic OH excluding ortho intramolecular Hbond substituents is 1. The Balaban J connectivity index is 1.20. The van der Waals surface area contributed by atoms with E-state index in [1.165, 1.54) is 12.0 Å². The summed E-state index contributed by atoms with van der Waals surface area (Å²) >= 11 is 0. The molecule has 1 amide bonds. The number of aliphatic hydroxyl groups excluding tert-OH is 3. The Labute approximate surface area is 369 Å². The number of phenols is 1. The van der Waals surface area contributed by atoms with Gasteiger partial charge in [-0.3, -0.25) is 9.59 Å². The highest BCUT2D eigenvalue weighted by Gasteiger charge is 2.59. The third-order valence-electron chi connectivity index (χ3n) is 13.6. The largest absolute Gasteiger partial charge is 0.506 e. The van der Waals surface area contributed by atoms with Gasteiger partial charge in [-0.2, -0.15) is 4.99 Å². The molecule has 5 aliphatic heterocycles. The summed E-state index contributed by atoms with van der Waals surface area (Å²) in [4.78, 5) is 34.9. The molecular weight excluding hydrogens is 821 g/mol. The maximum Gasteiger partial charge on any atom is 0.254 e. The van der Waals surface area contributed by atoms with Gasteiger partial charge in [0.15, 0.2) is 23.2 Å². The van der Waals surface area contributed by atoms with E-state index in [0.29, 0.717) is 46.2 Å². The quantitative estimate of drug-likeness (QED) is 0.162. The fraction of sp³-hybridized carbons (Fsp3) is 0.400. The first-order valence-corrected chi connectivity index (χ1v) is 21.9. The second-order valence-electron chi connectivity index (χ2n) is 17.4. The normalized spacial score (nSPS) is 27.4. The lowest BCUT2D eigenvalue weighted by atomic mass is 9.86. The fourth-order valence-corrected chi connectivity index (χ4v) is 10.2. The van der Waals surface area contributed by atoms with Crippen molar-refractivity contribution in [1.29, 1.82) is 0 Å². The zero-order valence-electron chi connectivity index (χ0n) is 35.3. The highest BCUT2D eigenvalue weighted by Crippen LogP contribution is 2.50. The van der Waals surface area contributed by atoms with Crippen LogP contribution >= 0.6 is 0 Å². The van der Waals surface area contributed by atoms with Crippen LogP contribution in [0.2, 0.25) is 0 Å². The van der Waals surface area contributed by atoms with E-state index < -0.39 is 48.7 Å². The minimum atomic E-state index is -2.46. The van der Waals surface area contributed by atoms with E-state index in [9.17, 15) is 35.1 Å². The number of carbonyl (C=O) groups excluding carboxylic acids is 2. The molecular formula is C50H49N2O12+. The molecule has 5 heterocycles. The van der Waals surface area contributed by atoms with Crippen molar-refractivity contribution in [3.63, 3.8) is 0 Å². The molecule has 64 heavy (non-hydrogen) atoms. The Morgan fingerprint density at radius 1 is 1.11 bits per heavy atom. The lowest BCUT2D eigenvalue weighted by Gasteiger charge is -2.47. The lowest BCUT2D eigenvalue weighted by Crippen LogP contribution is -2.70.